The minimum Gasteiger partial charge on any atom is -0.469 e. The van der Waals surface area contributed by atoms with Crippen LogP contribution in [0.5, 0.6) is 0 Å². The van der Waals surface area contributed by atoms with Crippen molar-refractivity contribution in [3.05, 3.63) is 69.9 Å². The molecule has 0 unspecified atom stereocenters. The van der Waals surface area contributed by atoms with Crippen molar-refractivity contribution >= 4 is 28.3 Å². The second-order valence-corrected chi connectivity index (χ2v) is 6.88. The summed E-state index contributed by atoms with van der Waals surface area (Å²) in [6, 6.07) is 6.44. The van der Waals surface area contributed by atoms with Crippen LogP contribution in [0.4, 0.5) is 9.52 Å². The third-order valence-corrected chi connectivity index (χ3v) is 4.75. The molecule has 3 aromatic rings. The van der Waals surface area contributed by atoms with Crippen LogP contribution in [0.15, 0.2) is 40.3 Å². The normalized spacial score (nSPS) is 10.6. The maximum absolute atomic E-state index is 13.5. The zero-order valence-electron chi connectivity index (χ0n) is 14.8. The molecule has 2 heterocycles. The van der Waals surface area contributed by atoms with E-state index < -0.39 is 0 Å². The number of anilines is 1. The Hall–Kier alpha value is -3.00. The van der Waals surface area contributed by atoms with Crippen molar-refractivity contribution in [2.45, 2.75) is 26.8 Å². The van der Waals surface area contributed by atoms with Gasteiger partial charge in [-0.05, 0) is 37.1 Å². The van der Waals surface area contributed by atoms with Gasteiger partial charge in [0.1, 0.15) is 11.6 Å². The van der Waals surface area contributed by atoms with Crippen molar-refractivity contribution in [3.8, 4) is 0 Å². The quantitative estimate of drug-likeness (QED) is 0.677. The van der Waals surface area contributed by atoms with Gasteiger partial charge in [-0.3, -0.25) is 14.9 Å². The summed E-state index contributed by atoms with van der Waals surface area (Å²) in [6.07, 6.45) is 1.52. The molecule has 2 aromatic heterocycles. The SMILES string of the molecule is Cc1ccc(CNC(=O)Cc2csc(NC(=O)c3ccoc3C)n2)cc1F. The summed E-state index contributed by atoms with van der Waals surface area (Å²) in [5.41, 5.74) is 2.24. The molecular weight excluding hydrogens is 369 g/mol. The van der Waals surface area contributed by atoms with Crippen LogP contribution in [-0.2, 0) is 17.8 Å². The van der Waals surface area contributed by atoms with E-state index in [0.717, 1.165) is 0 Å². The number of nitrogens with zero attached hydrogens (tertiary/aromatic N) is 1. The number of hydrogen-bond acceptors (Lipinski definition) is 5. The second-order valence-electron chi connectivity index (χ2n) is 6.03. The monoisotopic (exact) mass is 387 g/mol. The fraction of sp³-hybridized carbons (Fsp3) is 0.211. The molecule has 0 spiro atoms. The number of halogens is 1. The molecule has 0 aliphatic rings. The number of aryl methyl sites for hydroxylation is 2. The van der Waals surface area contributed by atoms with E-state index in [9.17, 15) is 14.0 Å². The molecule has 8 heteroatoms. The third-order valence-electron chi connectivity index (χ3n) is 3.94. The highest BCUT2D eigenvalue weighted by atomic mass is 32.1. The van der Waals surface area contributed by atoms with Gasteiger partial charge in [0.15, 0.2) is 5.13 Å². The largest absolute Gasteiger partial charge is 0.469 e. The molecule has 0 bridgehead atoms. The Morgan fingerprint density at radius 3 is 2.78 bits per heavy atom. The Balaban J connectivity index is 1.52. The predicted octanol–water partition coefficient (Wildman–Crippen LogP) is 3.60. The van der Waals surface area contributed by atoms with Gasteiger partial charge in [-0.15, -0.1) is 11.3 Å². The van der Waals surface area contributed by atoms with Gasteiger partial charge >= 0.3 is 0 Å². The molecule has 0 aliphatic heterocycles. The summed E-state index contributed by atoms with van der Waals surface area (Å²) < 4.78 is 18.6. The van der Waals surface area contributed by atoms with Gasteiger partial charge in [0.05, 0.1) is 23.9 Å². The molecule has 0 aliphatic carbocycles. The summed E-state index contributed by atoms with van der Waals surface area (Å²) in [4.78, 5) is 28.4. The van der Waals surface area contributed by atoms with Gasteiger partial charge in [-0.2, -0.15) is 0 Å². The van der Waals surface area contributed by atoms with Crippen molar-refractivity contribution in [2.24, 2.45) is 0 Å². The Kier molecular flexibility index (Phi) is 5.66. The number of thiazole rings is 1. The summed E-state index contributed by atoms with van der Waals surface area (Å²) >= 11 is 1.24. The second kappa shape index (κ2) is 8.13. The number of hydrogen-bond donors (Lipinski definition) is 2. The lowest BCUT2D eigenvalue weighted by Gasteiger charge is -2.05. The first kappa shape index (κ1) is 18.8. The highest BCUT2D eigenvalue weighted by Crippen LogP contribution is 2.18. The molecule has 0 saturated heterocycles. The lowest BCUT2D eigenvalue weighted by atomic mass is 10.1. The molecule has 0 atom stereocenters. The third kappa shape index (κ3) is 4.79. The Labute approximate surface area is 159 Å². The van der Waals surface area contributed by atoms with Gasteiger partial charge in [-0.1, -0.05) is 12.1 Å². The number of furan rings is 1. The van der Waals surface area contributed by atoms with E-state index in [1.165, 1.54) is 23.7 Å². The fourth-order valence-corrected chi connectivity index (χ4v) is 3.11. The molecule has 2 amide bonds. The van der Waals surface area contributed by atoms with Gasteiger partial charge in [0, 0.05) is 11.9 Å². The Bertz CT molecular complexity index is 980. The molecule has 0 fully saturated rings. The number of benzene rings is 1. The molecule has 3 rings (SSSR count). The number of amides is 2. The molecular formula is C19H18FN3O3S. The van der Waals surface area contributed by atoms with E-state index in [2.05, 4.69) is 15.6 Å². The van der Waals surface area contributed by atoms with E-state index in [0.29, 0.717) is 33.3 Å². The number of nitrogens with one attached hydrogen (secondary N) is 2. The van der Waals surface area contributed by atoms with Crippen LogP contribution in [0.1, 0.15) is 32.9 Å². The zero-order chi connectivity index (χ0) is 19.4. The fourth-order valence-electron chi connectivity index (χ4n) is 2.40. The molecule has 0 saturated carbocycles. The van der Waals surface area contributed by atoms with Crippen molar-refractivity contribution in [1.82, 2.24) is 10.3 Å². The van der Waals surface area contributed by atoms with Crippen LogP contribution < -0.4 is 10.6 Å². The van der Waals surface area contributed by atoms with Crippen molar-refractivity contribution in [2.75, 3.05) is 5.32 Å². The maximum atomic E-state index is 13.5. The van der Waals surface area contributed by atoms with E-state index >= 15 is 0 Å². The summed E-state index contributed by atoms with van der Waals surface area (Å²) in [7, 11) is 0. The van der Waals surface area contributed by atoms with E-state index in [1.807, 2.05) is 0 Å². The number of aromatic nitrogens is 1. The highest BCUT2D eigenvalue weighted by Gasteiger charge is 2.14. The first-order valence-electron chi connectivity index (χ1n) is 8.24. The smallest absolute Gasteiger partial charge is 0.260 e. The zero-order valence-corrected chi connectivity index (χ0v) is 15.7. The van der Waals surface area contributed by atoms with Crippen LogP contribution in [0.3, 0.4) is 0 Å². The predicted molar refractivity (Wildman–Crippen MR) is 100 cm³/mol. The van der Waals surface area contributed by atoms with Gasteiger partial charge < -0.3 is 9.73 Å². The summed E-state index contributed by atoms with van der Waals surface area (Å²) in [5, 5.41) is 7.53. The molecule has 1 aromatic carbocycles. The van der Waals surface area contributed by atoms with Crippen molar-refractivity contribution in [1.29, 1.82) is 0 Å². The summed E-state index contributed by atoms with van der Waals surface area (Å²) in [6.45, 7) is 3.63. The lowest BCUT2D eigenvalue weighted by molar-refractivity contribution is -0.120. The van der Waals surface area contributed by atoms with Crippen molar-refractivity contribution < 1.29 is 18.4 Å². The minimum atomic E-state index is -0.312. The molecule has 6 nitrogen and oxygen atoms in total. The lowest BCUT2D eigenvalue weighted by Crippen LogP contribution is -2.24. The van der Waals surface area contributed by atoms with Gasteiger partial charge in [0.25, 0.3) is 5.91 Å². The molecule has 140 valence electrons. The Morgan fingerprint density at radius 1 is 1.26 bits per heavy atom. The highest BCUT2D eigenvalue weighted by molar-refractivity contribution is 7.14. The molecule has 0 radical (unpaired) electrons. The first-order chi connectivity index (χ1) is 12.9. The van der Waals surface area contributed by atoms with Crippen LogP contribution >= 0.6 is 11.3 Å². The standard InChI is InChI=1S/C19H18FN3O3S/c1-11-3-4-13(7-16(11)20)9-21-17(24)8-14-10-27-19(22-14)23-18(25)15-5-6-26-12(15)2/h3-7,10H,8-9H2,1-2H3,(H,21,24)(H,22,23,25). The minimum absolute atomic E-state index is 0.0749. The van der Waals surface area contributed by atoms with Crippen LogP contribution in [0.25, 0.3) is 0 Å². The Morgan fingerprint density at radius 2 is 2.07 bits per heavy atom. The maximum Gasteiger partial charge on any atom is 0.260 e. The number of rotatable bonds is 6. The first-order valence-corrected chi connectivity index (χ1v) is 9.12. The van der Waals surface area contributed by atoms with Gasteiger partial charge in [0.2, 0.25) is 5.91 Å². The average molecular weight is 387 g/mol. The van der Waals surface area contributed by atoms with Crippen molar-refractivity contribution in [3.63, 3.8) is 0 Å². The van der Waals surface area contributed by atoms with Crippen LogP contribution in [0.2, 0.25) is 0 Å². The van der Waals surface area contributed by atoms with Crippen LogP contribution in [0, 0.1) is 19.7 Å². The topological polar surface area (TPSA) is 84.2 Å². The van der Waals surface area contributed by atoms with E-state index in [-0.39, 0.29) is 30.6 Å². The van der Waals surface area contributed by atoms with Gasteiger partial charge in [-0.25, -0.2) is 9.37 Å². The molecule has 2 N–H and O–H groups in total. The average Bonchev–Trinajstić information content (AvgIpc) is 3.24. The number of carbonyl (C=O) groups excluding carboxylic acids is 2. The van der Waals surface area contributed by atoms with Crippen LogP contribution in [-0.4, -0.2) is 16.8 Å². The molecule has 27 heavy (non-hydrogen) atoms. The van der Waals surface area contributed by atoms with E-state index in [1.54, 1.807) is 37.4 Å². The summed E-state index contributed by atoms with van der Waals surface area (Å²) in [5.74, 6) is -0.316. The van der Waals surface area contributed by atoms with E-state index in [4.69, 9.17) is 4.42 Å². The number of carbonyl (C=O) groups is 2.